The molecule has 0 saturated heterocycles. The summed E-state index contributed by atoms with van der Waals surface area (Å²) in [4.78, 5) is 0. The van der Waals surface area contributed by atoms with Gasteiger partial charge in [0.2, 0.25) is 0 Å². The molecule has 0 heterocycles. The van der Waals surface area contributed by atoms with Crippen molar-refractivity contribution in [3.63, 3.8) is 0 Å². The third kappa shape index (κ3) is 4.13. The largest absolute Gasteiger partial charge is 0.457 e. The standard InChI is InChI=1S/C19H19BrO2/c1-3-5-14-19(21,4-2)15-6-10-17(11-7-15)22-18-12-8-16(20)9-13-18/h2,6-13,21H,3,5,14H2,1H3. The Bertz CT molecular complexity index is 641. The molecule has 0 aliphatic rings. The van der Waals surface area contributed by atoms with E-state index in [9.17, 15) is 5.11 Å². The van der Waals surface area contributed by atoms with Gasteiger partial charge in [-0.2, -0.15) is 0 Å². The molecule has 2 rings (SSSR count). The average Bonchev–Trinajstić information content (AvgIpc) is 2.55. The van der Waals surface area contributed by atoms with Crippen molar-refractivity contribution in [1.82, 2.24) is 0 Å². The topological polar surface area (TPSA) is 29.5 Å². The van der Waals surface area contributed by atoms with E-state index in [-0.39, 0.29) is 0 Å². The lowest BCUT2D eigenvalue weighted by atomic mass is 9.89. The summed E-state index contributed by atoms with van der Waals surface area (Å²) in [6, 6.07) is 14.9. The predicted octanol–water partition coefficient (Wildman–Crippen LogP) is 5.25. The summed E-state index contributed by atoms with van der Waals surface area (Å²) in [7, 11) is 0. The SMILES string of the molecule is C#CC(O)(CCCC)c1ccc(Oc2ccc(Br)cc2)cc1. The van der Waals surface area contributed by atoms with Gasteiger partial charge in [-0.3, -0.25) is 0 Å². The van der Waals surface area contributed by atoms with Crippen molar-refractivity contribution in [2.75, 3.05) is 0 Å². The van der Waals surface area contributed by atoms with Crippen LogP contribution in [0.1, 0.15) is 31.7 Å². The first-order valence-electron chi connectivity index (χ1n) is 7.31. The van der Waals surface area contributed by atoms with Gasteiger partial charge in [0.25, 0.3) is 0 Å². The number of hydrogen-bond acceptors (Lipinski definition) is 2. The fraction of sp³-hybridized carbons (Fsp3) is 0.263. The van der Waals surface area contributed by atoms with Crippen LogP contribution in [0.2, 0.25) is 0 Å². The zero-order valence-electron chi connectivity index (χ0n) is 12.6. The smallest absolute Gasteiger partial charge is 0.150 e. The van der Waals surface area contributed by atoms with Crippen LogP contribution in [0.25, 0.3) is 0 Å². The molecule has 114 valence electrons. The number of unbranched alkanes of at least 4 members (excludes halogenated alkanes) is 1. The number of rotatable bonds is 6. The molecule has 1 atom stereocenters. The molecule has 2 nitrogen and oxygen atoms in total. The van der Waals surface area contributed by atoms with Crippen molar-refractivity contribution in [1.29, 1.82) is 0 Å². The van der Waals surface area contributed by atoms with Crippen molar-refractivity contribution in [2.24, 2.45) is 0 Å². The molecule has 2 aromatic rings. The monoisotopic (exact) mass is 358 g/mol. The molecule has 2 aromatic carbocycles. The molecule has 0 saturated carbocycles. The van der Waals surface area contributed by atoms with Crippen LogP contribution in [-0.4, -0.2) is 5.11 Å². The van der Waals surface area contributed by atoms with Crippen LogP contribution in [-0.2, 0) is 5.60 Å². The van der Waals surface area contributed by atoms with Crippen molar-refractivity contribution in [3.8, 4) is 23.8 Å². The molecule has 1 unspecified atom stereocenters. The molecule has 0 amide bonds. The lowest BCUT2D eigenvalue weighted by Gasteiger charge is -2.22. The third-order valence-electron chi connectivity index (χ3n) is 3.51. The van der Waals surface area contributed by atoms with Gasteiger partial charge in [0.05, 0.1) is 0 Å². The zero-order valence-corrected chi connectivity index (χ0v) is 14.1. The lowest BCUT2D eigenvalue weighted by Crippen LogP contribution is -2.23. The molecule has 0 radical (unpaired) electrons. The van der Waals surface area contributed by atoms with E-state index < -0.39 is 5.60 Å². The quantitative estimate of drug-likeness (QED) is 0.714. The van der Waals surface area contributed by atoms with Crippen molar-refractivity contribution in [2.45, 2.75) is 31.8 Å². The summed E-state index contributed by atoms with van der Waals surface area (Å²) in [5.41, 5.74) is -0.474. The van der Waals surface area contributed by atoms with Gasteiger partial charge >= 0.3 is 0 Å². The van der Waals surface area contributed by atoms with Crippen molar-refractivity contribution < 1.29 is 9.84 Å². The van der Waals surface area contributed by atoms with Crippen LogP contribution in [0, 0.1) is 12.3 Å². The highest BCUT2D eigenvalue weighted by Crippen LogP contribution is 2.29. The second kappa shape index (κ2) is 7.49. The molecule has 22 heavy (non-hydrogen) atoms. The molecule has 0 aliphatic carbocycles. The summed E-state index contributed by atoms with van der Waals surface area (Å²) in [5, 5.41) is 10.6. The molecule has 1 N–H and O–H groups in total. The van der Waals surface area contributed by atoms with E-state index in [1.807, 2.05) is 48.5 Å². The highest BCUT2D eigenvalue weighted by molar-refractivity contribution is 9.10. The van der Waals surface area contributed by atoms with E-state index in [0.29, 0.717) is 12.2 Å². The second-order valence-electron chi connectivity index (χ2n) is 5.19. The Morgan fingerprint density at radius 2 is 1.64 bits per heavy atom. The predicted molar refractivity (Wildman–Crippen MR) is 92.9 cm³/mol. The third-order valence-corrected chi connectivity index (χ3v) is 4.04. The molecule has 0 aromatic heterocycles. The molecule has 3 heteroatoms. The van der Waals surface area contributed by atoms with E-state index >= 15 is 0 Å². The average molecular weight is 359 g/mol. The Balaban J connectivity index is 2.12. The van der Waals surface area contributed by atoms with Crippen molar-refractivity contribution in [3.05, 3.63) is 58.6 Å². The van der Waals surface area contributed by atoms with E-state index in [1.165, 1.54) is 0 Å². The second-order valence-corrected chi connectivity index (χ2v) is 6.10. The van der Waals surface area contributed by atoms with Gasteiger partial charge in [-0.05, 0) is 54.8 Å². The number of terminal acetylenes is 1. The van der Waals surface area contributed by atoms with Gasteiger partial charge in [0.15, 0.2) is 5.60 Å². The van der Waals surface area contributed by atoms with Gasteiger partial charge in [0.1, 0.15) is 11.5 Å². The van der Waals surface area contributed by atoms with E-state index in [1.54, 1.807) is 0 Å². The Labute approximate surface area is 140 Å². The minimum atomic E-state index is -1.20. The fourth-order valence-corrected chi connectivity index (χ4v) is 2.43. The summed E-state index contributed by atoms with van der Waals surface area (Å²) >= 11 is 3.39. The van der Waals surface area contributed by atoms with E-state index in [2.05, 4.69) is 28.8 Å². The summed E-state index contributed by atoms with van der Waals surface area (Å²) in [5.74, 6) is 3.98. The van der Waals surface area contributed by atoms with Gasteiger partial charge in [-0.25, -0.2) is 0 Å². The summed E-state index contributed by atoms with van der Waals surface area (Å²) in [6.45, 7) is 2.08. The van der Waals surface area contributed by atoms with Crippen molar-refractivity contribution >= 4 is 15.9 Å². The normalized spacial score (nSPS) is 13.2. The maximum atomic E-state index is 10.6. The first kappa shape index (κ1) is 16.6. The minimum Gasteiger partial charge on any atom is -0.457 e. The maximum absolute atomic E-state index is 10.6. The van der Waals surface area contributed by atoms with Crippen LogP contribution in [0.3, 0.4) is 0 Å². The Morgan fingerprint density at radius 3 is 2.14 bits per heavy atom. The number of aliphatic hydroxyl groups is 1. The molecular formula is C19H19BrO2. The number of halogens is 1. The fourth-order valence-electron chi connectivity index (χ4n) is 2.17. The van der Waals surface area contributed by atoms with Crippen LogP contribution in [0.5, 0.6) is 11.5 Å². The first-order valence-corrected chi connectivity index (χ1v) is 8.11. The maximum Gasteiger partial charge on any atom is 0.150 e. The Kier molecular flexibility index (Phi) is 5.65. The molecular weight excluding hydrogens is 340 g/mol. The Hall–Kier alpha value is -1.76. The van der Waals surface area contributed by atoms with E-state index in [4.69, 9.17) is 11.2 Å². The minimum absolute atomic E-state index is 0.562. The number of hydrogen-bond donors (Lipinski definition) is 1. The number of benzene rings is 2. The lowest BCUT2D eigenvalue weighted by molar-refractivity contribution is 0.0877. The zero-order chi connectivity index (χ0) is 16.0. The number of ether oxygens (including phenoxy) is 1. The summed E-state index contributed by atoms with van der Waals surface area (Å²) < 4.78 is 6.77. The van der Waals surface area contributed by atoms with Gasteiger partial charge in [0, 0.05) is 4.47 Å². The first-order chi connectivity index (χ1) is 10.6. The van der Waals surface area contributed by atoms with Gasteiger partial charge in [-0.15, -0.1) is 6.42 Å². The van der Waals surface area contributed by atoms with Crippen LogP contribution in [0.4, 0.5) is 0 Å². The highest BCUT2D eigenvalue weighted by Gasteiger charge is 2.25. The van der Waals surface area contributed by atoms with Crippen LogP contribution in [0.15, 0.2) is 53.0 Å². The van der Waals surface area contributed by atoms with Crippen LogP contribution < -0.4 is 4.74 Å². The Morgan fingerprint density at radius 1 is 1.09 bits per heavy atom. The van der Waals surface area contributed by atoms with E-state index in [0.717, 1.165) is 28.6 Å². The highest BCUT2D eigenvalue weighted by atomic mass is 79.9. The van der Waals surface area contributed by atoms with Gasteiger partial charge < -0.3 is 9.84 Å². The molecule has 0 aliphatic heterocycles. The molecule has 0 spiro atoms. The molecule has 0 fully saturated rings. The molecule has 0 bridgehead atoms. The summed E-state index contributed by atoms with van der Waals surface area (Å²) in [6.07, 6.45) is 7.96. The van der Waals surface area contributed by atoms with Crippen LogP contribution >= 0.6 is 15.9 Å². The van der Waals surface area contributed by atoms with Gasteiger partial charge in [-0.1, -0.05) is 47.3 Å².